The van der Waals surface area contributed by atoms with E-state index in [-0.39, 0.29) is 23.5 Å². The van der Waals surface area contributed by atoms with Crippen LogP contribution in [0, 0.1) is 5.41 Å². The molecule has 3 fully saturated rings. The van der Waals surface area contributed by atoms with Crippen LogP contribution < -0.4 is 5.32 Å². The summed E-state index contributed by atoms with van der Waals surface area (Å²) in [5.41, 5.74) is 1.43. The first-order chi connectivity index (χ1) is 13.1. The number of carbonyl (C=O) groups excluding carboxylic acids is 2. The smallest absolute Gasteiger partial charge is 0.317 e. The highest BCUT2D eigenvalue weighted by Gasteiger charge is 2.58. The van der Waals surface area contributed by atoms with Gasteiger partial charge in [-0.1, -0.05) is 0 Å². The van der Waals surface area contributed by atoms with Crippen LogP contribution in [0.1, 0.15) is 44.6 Å². The number of hydrogen-bond donors (Lipinski definition) is 1. The minimum atomic E-state index is 0.0271. The van der Waals surface area contributed by atoms with E-state index in [1.165, 1.54) is 5.56 Å². The van der Waals surface area contributed by atoms with Gasteiger partial charge in [0.1, 0.15) is 0 Å². The van der Waals surface area contributed by atoms with E-state index in [1.807, 2.05) is 9.80 Å². The Morgan fingerprint density at radius 1 is 1.41 bits per heavy atom. The van der Waals surface area contributed by atoms with Crippen LogP contribution in [0.4, 0.5) is 4.79 Å². The Kier molecular flexibility index (Phi) is 5.41. The number of likely N-dealkylation sites (tertiary alicyclic amines) is 1. The van der Waals surface area contributed by atoms with Crippen molar-refractivity contribution in [1.29, 1.82) is 0 Å². The van der Waals surface area contributed by atoms with Gasteiger partial charge in [-0.25, -0.2) is 4.79 Å². The predicted molar refractivity (Wildman–Crippen MR) is 105 cm³/mol. The number of thiophene rings is 1. The molecule has 0 unspecified atom stereocenters. The van der Waals surface area contributed by atoms with E-state index in [9.17, 15) is 9.59 Å². The van der Waals surface area contributed by atoms with E-state index in [0.717, 1.165) is 51.8 Å². The molecular weight excluding hydrogens is 362 g/mol. The number of amides is 3. The molecule has 2 aliphatic heterocycles. The lowest BCUT2D eigenvalue weighted by molar-refractivity contribution is -0.130. The van der Waals surface area contributed by atoms with Gasteiger partial charge in [0.15, 0.2) is 0 Å². The van der Waals surface area contributed by atoms with E-state index in [4.69, 9.17) is 4.74 Å². The minimum absolute atomic E-state index is 0.0271. The SMILES string of the molecule is CC(=O)N(Cc1ccsc1)[C@H]1CC12CCN(C(=O)NC[C@H]1CCCO1)CC2. The summed E-state index contributed by atoms with van der Waals surface area (Å²) < 4.78 is 5.57. The van der Waals surface area contributed by atoms with Crippen molar-refractivity contribution < 1.29 is 14.3 Å². The Morgan fingerprint density at radius 2 is 2.22 bits per heavy atom. The van der Waals surface area contributed by atoms with Crippen molar-refractivity contribution >= 4 is 23.3 Å². The fourth-order valence-corrected chi connectivity index (χ4v) is 5.26. The molecule has 4 rings (SSSR count). The summed E-state index contributed by atoms with van der Waals surface area (Å²) in [5.74, 6) is 0.153. The van der Waals surface area contributed by atoms with Gasteiger partial charge >= 0.3 is 6.03 Å². The molecule has 1 spiro atoms. The highest BCUT2D eigenvalue weighted by Crippen LogP contribution is 2.57. The fraction of sp³-hybridized carbons (Fsp3) is 0.700. The fourth-order valence-electron chi connectivity index (χ4n) is 4.60. The van der Waals surface area contributed by atoms with E-state index in [1.54, 1.807) is 18.3 Å². The van der Waals surface area contributed by atoms with Gasteiger partial charge in [-0.05, 0) is 59.9 Å². The lowest BCUT2D eigenvalue weighted by atomic mass is 9.92. The highest BCUT2D eigenvalue weighted by molar-refractivity contribution is 7.07. The zero-order chi connectivity index (χ0) is 18.9. The first kappa shape index (κ1) is 18.7. The van der Waals surface area contributed by atoms with Gasteiger partial charge in [0, 0.05) is 45.8 Å². The summed E-state index contributed by atoms with van der Waals surface area (Å²) in [4.78, 5) is 28.6. The lowest BCUT2D eigenvalue weighted by Crippen LogP contribution is -2.47. The number of nitrogens with one attached hydrogen (secondary N) is 1. The average Bonchev–Trinajstić information content (AvgIpc) is 3.08. The maximum absolute atomic E-state index is 12.4. The number of carbonyl (C=O) groups is 2. The topological polar surface area (TPSA) is 61.9 Å². The van der Waals surface area contributed by atoms with Crippen molar-refractivity contribution in [2.24, 2.45) is 5.41 Å². The Labute approximate surface area is 164 Å². The van der Waals surface area contributed by atoms with Crippen LogP contribution in [0.15, 0.2) is 16.8 Å². The molecule has 1 aromatic heterocycles. The summed E-state index contributed by atoms with van der Waals surface area (Å²) in [6.07, 6.45) is 5.35. The Bertz CT molecular complexity index is 664. The molecule has 1 aromatic rings. The summed E-state index contributed by atoms with van der Waals surface area (Å²) >= 11 is 1.67. The second-order valence-corrected chi connectivity index (χ2v) is 8.95. The number of urea groups is 1. The number of ether oxygens (including phenoxy) is 1. The Morgan fingerprint density at radius 3 is 2.85 bits per heavy atom. The highest BCUT2D eigenvalue weighted by atomic mass is 32.1. The molecule has 2 atom stereocenters. The van der Waals surface area contributed by atoms with Crippen LogP contribution in [-0.2, 0) is 16.1 Å². The molecule has 148 valence electrons. The van der Waals surface area contributed by atoms with Crippen molar-refractivity contribution in [3.63, 3.8) is 0 Å². The van der Waals surface area contributed by atoms with E-state index in [2.05, 4.69) is 22.1 Å². The first-order valence-electron chi connectivity index (χ1n) is 10.00. The van der Waals surface area contributed by atoms with Crippen LogP contribution in [0.25, 0.3) is 0 Å². The van der Waals surface area contributed by atoms with Gasteiger partial charge in [0.05, 0.1) is 6.10 Å². The maximum Gasteiger partial charge on any atom is 0.317 e. The van der Waals surface area contributed by atoms with E-state index in [0.29, 0.717) is 19.1 Å². The summed E-state index contributed by atoms with van der Waals surface area (Å²) in [7, 11) is 0. The molecule has 27 heavy (non-hydrogen) atoms. The number of nitrogens with zero attached hydrogens (tertiary/aromatic N) is 2. The van der Waals surface area contributed by atoms with Crippen molar-refractivity contribution in [2.45, 2.75) is 57.7 Å². The minimum Gasteiger partial charge on any atom is -0.376 e. The molecule has 1 saturated carbocycles. The third-order valence-corrected chi connectivity index (χ3v) is 7.14. The van der Waals surface area contributed by atoms with Gasteiger partial charge in [0.2, 0.25) is 5.91 Å². The number of piperidine rings is 1. The van der Waals surface area contributed by atoms with Gasteiger partial charge < -0.3 is 19.9 Å². The van der Waals surface area contributed by atoms with E-state index < -0.39 is 0 Å². The van der Waals surface area contributed by atoms with E-state index >= 15 is 0 Å². The molecule has 3 heterocycles. The molecule has 1 aliphatic carbocycles. The molecular formula is C20H29N3O3S. The Balaban J connectivity index is 1.27. The zero-order valence-electron chi connectivity index (χ0n) is 16.0. The third kappa shape index (κ3) is 4.14. The molecule has 0 bridgehead atoms. The van der Waals surface area contributed by atoms with Crippen LogP contribution in [0.5, 0.6) is 0 Å². The number of hydrogen-bond acceptors (Lipinski definition) is 4. The van der Waals surface area contributed by atoms with Crippen molar-refractivity contribution in [3.8, 4) is 0 Å². The maximum atomic E-state index is 12.4. The summed E-state index contributed by atoms with van der Waals surface area (Å²) in [6, 6.07) is 2.45. The zero-order valence-corrected chi connectivity index (χ0v) is 16.8. The molecule has 7 heteroatoms. The van der Waals surface area contributed by atoms with Gasteiger partial charge in [-0.2, -0.15) is 11.3 Å². The largest absolute Gasteiger partial charge is 0.376 e. The number of rotatable bonds is 5. The molecule has 2 saturated heterocycles. The van der Waals surface area contributed by atoms with Crippen LogP contribution in [-0.4, -0.2) is 60.1 Å². The Hall–Kier alpha value is -1.60. The van der Waals surface area contributed by atoms with Crippen LogP contribution in [0.3, 0.4) is 0 Å². The monoisotopic (exact) mass is 391 g/mol. The van der Waals surface area contributed by atoms with Gasteiger partial charge in [0.25, 0.3) is 0 Å². The van der Waals surface area contributed by atoms with Gasteiger partial charge in [-0.3, -0.25) is 4.79 Å². The molecule has 1 N–H and O–H groups in total. The third-order valence-electron chi connectivity index (χ3n) is 6.41. The molecule has 0 radical (unpaired) electrons. The molecule has 3 aliphatic rings. The molecule has 0 aromatic carbocycles. The van der Waals surface area contributed by atoms with Crippen LogP contribution in [0.2, 0.25) is 0 Å². The average molecular weight is 392 g/mol. The normalized spacial score (nSPS) is 26.2. The molecule has 6 nitrogen and oxygen atoms in total. The molecule has 3 amide bonds. The first-order valence-corrected chi connectivity index (χ1v) is 10.9. The van der Waals surface area contributed by atoms with Gasteiger partial charge in [-0.15, -0.1) is 0 Å². The standard InChI is InChI=1S/C20H29N3O3S/c1-15(24)23(13-16-4-10-27-14-16)18-11-20(18)5-7-22(8-6-20)19(25)21-12-17-3-2-9-26-17/h4,10,14,17-18H,2-3,5-9,11-13H2,1H3,(H,21,25)/t17-,18+/m1/s1. The summed E-state index contributed by atoms with van der Waals surface area (Å²) in [6.45, 7) is 5.35. The predicted octanol–water partition coefficient (Wildman–Crippen LogP) is 2.84. The summed E-state index contributed by atoms with van der Waals surface area (Å²) in [5, 5.41) is 7.20. The lowest BCUT2D eigenvalue weighted by Gasteiger charge is -2.35. The van der Waals surface area contributed by atoms with Crippen molar-refractivity contribution in [3.05, 3.63) is 22.4 Å². The van der Waals surface area contributed by atoms with Crippen LogP contribution >= 0.6 is 11.3 Å². The van der Waals surface area contributed by atoms with Crippen molar-refractivity contribution in [2.75, 3.05) is 26.2 Å². The van der Waals surface area contributed by atoms with Crippen molar-refractivity contribution in [1.82, 2.24) is 15.1 Å². The quantitative estimate of drug-likeness (QED) is 0.840. The second kappa shape index (κ2) is 7.80. The second-order valence-electron chi connectivity index (χ2n) is 8.17.